The standard InChI is InChI=1S/C34H27NO3.C25H21NO2/c36-32(22-19-25-11-4-1-5-12-25)31-21-20-30(24-33(31)37)38-29-18-10-17-28(23-29)35-34(26-13-6-2-7-14-26)27-15-8-3-9-16-27;27-22-14-8-16-24(18-22)28-23-15-7-13-21(17-23)26-25(19-9-3-1-4-10-19)20-11-5-2-6-12-20/h1-19,22-24,31H,20-21H2;1-7,9-13,15,17-18H,8,14,16H2/b22-19+;. The highest BCUT2D eigenvalue weighted by molar-refractivity contribution is 6.15. The number of rotatable bonds is 13. The highest BCUT2D eigenvalue weighted by Gasteiger charge is 2.28. The fourth-order valence-electron chi connectivity index (χ4n) is 7.59. The highest BCUT2D eigenvalue weighted by Crippen LogP contribution is 2.30. The van der Waals surface area contributed by atoms with E-state index in [1.807, 2.05) is 176 Å². The number of benzene rings is 7. The van der Waals surface area contributed by atoms with Crippen LogP contribution in [0, 0.1) is 5.92 Å². The maximum atomic E-state index is 12.7. The lowest BCUT2D eigenvalue weighted by atomic mass is 9.88. The van der Waals surface area contributed by atoms with Gasteiger partial charge in [0.15, 0.2) is 17.3 Å². The number of allylic oxidation sites excluding steroid dienone is 5. The van der Waals surface area contributed by atoms with E-state index in [-0.39, 0.29) is 17.3 Å². The molecule has 0 saturated carbocycles. The van der Waals surface area contributed by atoms with Crippen molar-refractivity contribution in [3.8, 4) is 11.5 Å². The van der Waals surface area contributed by atoms with Crippen LogP contribution in [0.1, 0.15) is 59.9 Å². The summed E-state index contributed by atoms with van der Waals surface area (Å²) in [5, 5.41) is 0. The van der Waals surface area contributed by atoms with Crippen molar-refractivity contribution < 1.29 is 23.9 Å². The third-order valence-electron chi connectivity index (χ3n) is 10.9. The lowest BCUT2D eigenvalue weighted by Gasteiger charge is -2.19. The van der Waals surface area contributed by atoms with E-state index in [1.54, 1.807) is 12.2 Å². The van der Waals surface area contributed by atoms with Crippen LogP contribution in [0.2, 0.25) is 0 Å². The molecule has 1 unspecified atom stereocenters. The van der Waals surface area contributed by atoms with Crippen molar-refractivity contribution >= 4 is 46.2 Å². The van der Waals surface area contributed by atoms with E-state index in [0.717, 1.165) is 69.2 Å². The molecule has 0 aromatic heterocycles. The topological polar surface area (TPSA) is 94.4 Å². The molecule has 0 amide bonds. The zero-order chi connectivity index (χ0) is 45.3. The molecule has 0 radical (unpaired) electrons. The summed E-state index contributed by atoms with van der Waals surface area (Å²) in [6.45, 7) is 0. The summed E-state index contributed by atoms with van der Waals surface area (Å²) in [7, 11) is 0. The monoisotopic (exact) mass is 864 g/mol. The molecule has 7 nitrogen and oxygen atoms in total. The van der Waals surface area contributed by atoms with Crippen LogP contribution in [0.25, 0.3) is 6.08 Å². The molecule has 324 valence electrons. The minimum Gasteiger partial charge on any atom is -0.462 e. The molecule has 2 aliphatic rings. The van der Waals surface area contributed by atoms with Crippen LogP contribution in [0.5, 0.6) is 11.5 Å². The van der Waals surface area contributed by atoms with Crippen LogP contribution in [0.3, 0.4) is 0 Å². The molecule has 1 atom stereocenters. The largest absolute Gasteiger partial charge is 0.462 e. The summed E-state index contributed by atoms with van der Waals surface area (Å²) in [4.78, 5) is 46.9. The normalized spacial score (nSPS) is 14.5. The van der Waals surface area contributed by atoms with Crippen molar-refractivity contribution in [2.45, 2.75) is 32.1 Å². The molecule has 7 heteroatoms. The third-order valence-corrected chi connectivity index (χ3v) is 10.9. The van der Waals surface area contributed by atoms with Crippen molar-refractivity contribution in [2.24, 2.45) is 15.9 Å². The average molecular weight is 865 g/mol. The summed E-state index contributed by atoms with van der Waals surface area (Å²) in [6, 6.07) is 65.2. The van der Waals surface area contributed by atoms with E-state index < -0.39 is 5.92 Å². The second-order valence-electron chi connectivity index (χ2n) is 15.8. The zero-order valence-corrected chi connectivity index (χ0v) is 36.4. The Bertz CT molecular complexity index is 2840. The number of ketones is 3. The second kappa shape index (κ2) is 22.4. The summed E-state index contributed by atoms with van der Waals surface area (Å²) >= 11 is 0. The van der Waals surface area contributed by atoms with Crippen molar-refractivity contribution in [3.63, 3.8) is 0 Å². The number of nitrogens with zero attached hydrogens (tertiary/aromatic N) is 2. The molecular weight excluding hydrogens is 817 g/mol. The number of aliphatic imine (C=N–C) groups is 2. The van der Waals surface area contributed by atoms with Gasteiger partial charge in [-0.3, -0.25) is 14.4 Å². The van der Waals surface area contributed by atoms with Gasteiger partial charge in [-0.1, -0.05) is 170 Å². The molecule has 0 saturated heterocycles. The Morgan fingerprint density at radius 3 is 1.36 bits per heavy atom. The first kappa shape index (κ1) is 44.3. The van der Waals surface area contributed by atoms with Crippen LogP contribution < -0.4 is 9.47 Å². The van der Waals surface area contributed by atoms with Crippen molar-refractivity contribution in [2.75, 3.05) is 0 Å². The van der Waals surface area contributed by atoms with Crippen molar-refractivity contribution in [1.29, 1.82) is 0 Å². The molecule has 7 aromatic carbocycles. The average Bonchev–Trinajstić information content (AvgIpc) is 3.36. The van der Waals surface area contributed by atoms with Gasteiger partial charge in [-0.15, -0.1) is 0 Å². The molecular formula is C59H48N2O5. The van der Waals surface area contributed by atoms with E-state index in [4.69, 9.17) is 19.5 Å². The first-order valence-corrected chi connectivity index (χ1v) is 22.1. The quantitative estimate of drug-likeness (QED) is 0.0654. The van der Waals surface area contributed by atoms with E-state index in [0.29, 0.717) is 36.5 Å². The predicted octanol–water partition coefficient (Wildman–Crippen LogP) is 13.3. The fraction of sp³-hybridized carbons (Fsp3) is 0.102. The van der Waals surface area contributed by atoms with Gasteiger partial charge >= 0.3 is 0 Å². The number of carbonyl (C=O) groups is 3. The SMILES string of the molecule is O=C1C=C(Oc2cccc(N=C(c3ccccc3)c3ccccc3)c2)CCC1.O=C1C=C(Oc2cccc(N=C(c3ccccc3)c3ccccc3)c2)CCC1C(=O)/C=C/c1ccccc1. The van der Waals surface area contributed by atoms with Gasteiger partial charge in [0.25, 0.3) is 0 Å². The van der Waals surface area contributed by atoms with E-state index in [2.05, 4.69) is 24.3 Å². The fourth-order valence-corrected chi connectivity index (χ4v) is 7.59. The molecule has 0 aliphatic heterocycles. The van der Waals surface area contributed by atoms with E-state index >= 15 is 0 Å². The van der Waals surface area contributed by atoms with Crippen molar-refractivity contribution in [1.82, 2.24) is 0 Å². The van der Waals surface area contributed by atoms with Crippen molar-refractivity contribution in [3.05, 3.63) is 258 Å². The number of ether oxygens (including phenoxy) is 2. The zero-order valence-electron chi connectivity index (χ0n) is 36.4. The third kappa shape index (κ3) is 12.5. The Morgan fingerprint density at radius 2 is 0.924 bits per heavy atom. The Balaban J connectivity index is 0.000000188. The molecule has 9 rings (SSSR count). The van der Waals surface area contributed by atoms with Gasteiger partial charge < -0.3 is 9.47 Å². The minimum atomic E-state index is -0.669. The second-order valence-corrected chi connectivity index (χ2v) is 15.8. The van der Waals surface area contributed by atoms with Crippen LogP contribution in [0.4, 0.5) is 11.4 Å². The van der Waals surface area contributed by atoms with Gasteiger partial charge in [0, 0.05) is 65.8 Å². The molecule has 7 aromatic rings. The Morgan fingerprint density at radius 1 is 0.485 bits per heavy atom. The summed E-state index contributed by atoms with van der Waals surface area (Å²) in [5.74, 6) is 1.63. The maximum absolute atomic E-state index is 12.7. The Hall–Kier alpha value is -8.29. The first-order chi connectivity index (χ1) is 32.4. The summed E-state index contributed by atoms with van der Waals surface area (Å²) < 4.78 is 12.0. The molecule has 66 heavy (non-hydrogen) atoms. The molecule has 0 bridgehead atoms. The van der Waals surface area contributed by atoms with E-state index in [1.165, 1.54) is 12.2 Å². The Labute approximate surface area is 385 Å². The summed E-state index contributed by atoms with van der Waals surface area (Å²) in [6.07, 6.45) is 9.48. The number of hydrogen-bond acceptors (Lipinski definition) is 7. The molecule has 2 aliphatic carbocycles. The molecule has 0 spiro atoms. The van der Waals surface area contributed by atoms with E-state index in [9.17, 15) is 14.4 Å². The first-order valence-electron chi connectivity index (χ1n) is 22.1. The smallest absolute Gasteiger partial charge is 0.169 e. The van der Waals surface area contributed by atoms with Gasteiger partial charge in [-0.05, 0) is 48.7 Å². The maximum Gasteiger partial charge on any atom is 0.169 e. The Kier molecular flexibility index (Phi) is 15.0. The predicted molar refractivity (Wildman–Crippen MR) is 264 cm³/mol. The molecule has 0 heterocycles. The number of hydrogen-bond donors (Lipinski definition) is 0. The van der Waals surface area contributed by atoms with Gasteiger partial charge in [-0.25, -0.2) is 9.98 Å². The van der Waals surface area contributed by atoms with Gasteiger partial charge in [0.05, 0.1) is 28.7 Å². The van der Waals surface area contributed by atoms with Crippen LogP contribution in [-0.4, -0.2) is 28.8 Å². The molecule has 0 N–H and O–H groups in total. The van der Waals surface area contributed by atoms with Crippen LogP contribution in [-0.2, 0) is 14.4 Å². The summed E-state index contributed by atoms with van der Waals surface area (Å²) in [5.41, 5.74) is 8.39. The lowest BCUT2D eigenvalue weighted by molar-refractivity contribution is -0.128. The lowest BCUT2D eigenvalue weighted by Crippen LogP contribution is -2.25. The number of carbonyl (C=O) groups excluding carboxylic acids is 3. The minimum absolute atomic E-state index is 0.130. The molecule has 0 fully saturated rings. The van der Waals surface area contributed by atoms with Crippen LogP contribution in [0.15, 0.2) is 240 Å². The highest BCUT2D eigenvalue weighted by atomic mass is 16.5. The van der Waals surface area contributed by atoms with Gasteiger partial charge in [0.2, 0.25) is 0 Å². The van der Waals surface area contributed by atoms with Gasteiger partial charge in [0.1, 0.15) is 23.0 Å². The van der Waals surface area contributed by atoms with Crippen LogP contribution >= 0.6 is 0 Å². The van der Waals surface area contributed by atoms with Gasteiger partial charge in [-0.2, -0.15) is 0 Å².